The lowest BCUT2D eigenvalue weighted by molar-refractivity contribution is -0.127. The normalized spacial score (nSPS) is 22.9. The number of rotatable bonds is 7. The van der Waals surface area contributed by atoms with Crippen LogP contribution >= 0.6 is 0 Å². The monoisotopic (exact) mass is 346 g/mol. The van der Waals surface area contributed by atoms with E-state index in [1.807, 2.05) is 18.2 Å². The number of amides is 1. The van der Waals surface area contributed by atoms with Gasteiger partial charge in [-0.25, -0.2) is 0 Å². The molecule has 1 amide bonds. The molecular formula is C20H30N2O3. The Hall–Kier alpha value is -1.59. The van der Waals surface area contributed by atoms with Crippen LogP contribution in [0.5, 0.6) is 5.75 Å². The van der Waals surface area contributed by atoms with Crippen molar-refractivity contribution in [2.45, 2.75) is 43.6 Å². The summed E-state index contributed by atoms with van der Waals surface area (Å²) in [5, 5.41) is 3.34. The van der Waals surface area contributed by atoms with E-state index in [0.717, 1.165) is 69.7 Å². The fourth-order valence-electron chi connectivity index (χ4n) is 4.24. The van der Waals surface area contributed by atoms with Crippen molar-refractivity contribution in [1.29, 1.82) is 0 Å². The molecule has 1 saturated carbocycles. The molecule has 1 aliphatic heterocycles. The Kier molecular flexibility index (Phi) is 5.97. The largest absolute Gasteiger partial charge is 0.497 e. The molecular weight excluding hydrogens is 316 g/mol. The predicted molar refractivity (Wildman–Crippen MR) is 98.0 cm³/mol. The Morgan fingerprint density at radius 3 is 2.84 bits per heavy atom. The van der Waals surface area contributed by atoms with Crippen molar-refractivity contribution in [3.8, 4) is 5.75 Å². The van der Waals surface area contributed by atoms with E-state index < -0.39 is 5.41 Å². The van der Waals surface area contributed by atoms with Gasteiger partial charge in [0, 0.05) is 32.8 Å². The average Bonchev–Trinajstić information content (AvgIpc) is 3.30. The Morgan fingerprint density at radius 1 is 1.32 bits per heavy atom. The van der Waals surface area contributed by atoms with Crippen LogP contribution in [0, 0.1) is 0 Å². The van der Waals surface area contributed by atoms with Crippen LogP contribution in [0.1, 0.15) is 37.7 Å². The summed E-state index contributed by atoms with van der Waals surface area (Å²) in [6.07, 6.45) is 5.08. The summed E-state index contributed by atoms with van der Waals surface area (Å²) in [7, 11) is 3.40. The summed E-state index contributed by atoms with van der Waals surface area (Å²) in [6.45, 7) is 3.63. The molecule has 0 aromatic heterocycles. The third-order valence-corrected chi connectivity index (χ3v) is 5.73. The molecule has 25 heavy (non-hydrogen) atoms. The van der Waals surface area contributed by atoms with Crippen LogP contribution in [0.2, 0.25) is 0 Å². The third kappa shape index (κ3) is 3.98. The van der Waals surface area contributed by atoms with E-state index in [9.17, 15) is 4.79 Å². The number of nitrogens with zero attached hydrogens (tertiary/aromatic N) is 1. The van der Waals surface area contributed by atoms with Gasteiger partial charge in [-0.05, 0) is 37.0 Å². The molecule has 1 aromatic rings. The maximum atomic E-state index is 13.2. The Labute approximate surface area is 150 Å². The molecule has 1 aromatic carbocycles. The molecule has 2 fully saturated rings. The van der Waals surface area contributed by atoms with E-state index in [2.05, 4.69) is 16.3 Å². The molecule has 0 bridgehead atoms. The Bertz CT molecular complexity index is 584. The number of ether oxygens (including phenoxy) is 2. The first-order chi connectivity index (χ1) is 12.2. The first kappa shape index (κ1) is 18.2. The maximum absolute atomic E-state index is 13.2. The lowest BCUT2D eigenvalue weighted by atomic mass is 9.77. The predicted octanol–water partition coefficient (Wildman–Crippen LogP) is 2.34. The number of hydrogen-bond donors (Lipinski definition) is 1. The van der Waals surface area contributed by atoms with Gasteiger partial charge in [-0.1, -0.05) is 25.0 Å². The molecule has 1 aliphatic carbocycles. The van der Waals surface area contributed by atoms with Gasteiger partial charge < -0.3 is 14.8 Å². The second kappa shape index (κ2) is 8.19. The second-order valence-corrected chi connectivity index (χ2v) is 7.27. The minimum Gasteiger partial charge on any atom is -0.497 e. The highest BCUT2D eigenvalue weighted by Crippen LogP contribution is 2.42. The highest BCUT2D eigenvalue weighted by atomic mass is 16.5. The molecule has 2 aliphatic rings. The van der Waals surface area contributed by atoms with E-state index in [0.29, 0.717) is 0 Å². The van der Waals surface area contributed by atoms with Gasteiger partial charge in [0.25, 0.3) is 0 Å². The fraction of sp³-hybridized carbons (Fsp3) is 0.650. The van der Waals surface area contributed by atoms with Gasteiger partial charge in [0.15, 0.2) is 0 Å². The van der Waals surface area contributed by atoms with Crippen molar-refractivity contribution < 1.29 is 14.3 Å². The van der Waals surface area contributed by atoms with Crippen molar-refractivity contribution in [2.24, 2.45) is 0 Å². The summed E-state index contributed by atoms with van der Waals surface area (Å²) >= 11 is 0. The van der Waals surface area contributed by atoms with Crippen molar-refractivity contribution in [3.63, 3.8) is 0 Å². The van der Waals surface area contributed by atoms with Crippen molar-refractivity contribution in [2.75, 3.05) is 40.5 Å². The van der Waals surface area contributed by atoms with Crippen molar-refractivity contribution in [3.05, 3.63) is 29.8 Å². The summed E-state index contributed by atoms with van der Waals surface area (Å²) in [6, 6.07) is 8.28. The zero-order valence-electron chi connectivity index (χ0n) is 15.4. The molecule has 5 nitrogen and oxygen atoms in total. The number of nitrogens with one attached hydrogen (secondary N) is 1. The molecule has 5 heteroatoms. The Morgan fingerprint density at radius 2 is 2.12 bits per heavy atom. The number of methoxy groups -OCH3 is 2. The SMILES string of the molecule is COCCN1CCC(NC(=O)C2(c3cccc(OC)c3)CCCC2)C1. The summed E-state index contributed by atoms with van der Waals surface area (Å²) in [5.41, 5.74) is 0.699. The summed E-state index contributed by atoms with van der Waals surface area (Å²) in [4.78, 5) is 15.6. The van der Waals surface area contributed by atoms with E-state index in [4.69, 9.17) is 9.47 Å². The molecule has 1 heterocycles. The van der Waals surface area contributed by atoms with Crippen LogP contribution in [-0.4, -0.2) is 57.3 Å². The second-order valence-electron chi connectivity index (χ2n) is 7.27. The quantitative estimate of drug-likeness (QED) is 0.823. The zero-order chi connectivity index (χ0) is 17.7. The van der Waals surface area contributed by atoms with Gasteiger partial charge in [-0.2, -0.15) is 0 Å². The van der Waals surface area contributed by atoms with Crippen LogP contribution in [-0.2, 0) is 14.9 Å². The smallest absolute Gasteiger partial charge is 0.230 e. The number of benzene rings is 1. The molecule has 1 unspecified atom stereocenters. The highest BCUT2D eigenvalue weighted by molar-refractivity contribution is 5.89. The number of hydrogen-bond acceptors (Lipinski definition) is 4. The highest BCUT2D eigenvalue weighted by Gasteiger charge is 2.43. The molecule has 0 spiro atoms. The van der Waals surface area contributed by atoms with Crippen LogP contribution in [0.15, 0.2) is 24.3 Å². The first-order valence-corrected chi connectivity index (χ1v) is 9.35. The van der Waals surface area contributed by atoms with Gasteiger partial charge in [-0.3, -0.25) is 9.69 Å². The molecule has 1 saturated heterocycles. The lowest BCUT2D eigenvalue weighted by Crippen LogP contribution is -2.47. The lowest BCUT2D eigenvalue weighted by Gasteiger charge is -2.30. The topological polar surface area (TPSA) is 50.8 Å². The van der Waals surface area contributed by atoms with Crippen molar-refractivity contribution in [1.82, 2.24) is 10.2 Å². The first-order valence-electron chi connectivity index (χ1n) is 9.35. The van der Waals surface area contributed by atoms with Crippen LogP contribution < -0.4 is 10.1 Å². The van der Waals surface area contributed by atoms with Gasteiger partial charge in [0.1, 0.15) is 5.75 Å². The van der Waals surface area contributed by atoms with Gasteiger partial charge in [0.05, 0.1) is 19.1 Å². The average molecular weight is 346 g/mol. The number of likely N-dealkylation sites (tertiary alicyclic amines) is 1. The van der Waals surface area contributed by atoms with E-state index in [-0.39, 0.29) is 11.9 Å². The van der Waals surface area contributed by atoms with Crippen LogP contribution in [0.4, 0.5) is 0 Å². The number of carbonyl (C=O) groups excluding carboxylic acids is 1. The molecule has 0 radical (unpaired) electrons. The molecule has 138 valence electrons. The molecule has 1 N–H and O–H groups in total. The van der Waals surface area contributed by atoms with Crippen molar-refractivity contribution >= 4 is 5.91 Å². The summed E-state index contributed by atoms with van der Waals surface area (Å²) < 4.78 is 10.5. The van der Waals surface area contributed by atoms with E-state index >= 15 is 0 Å². The Balaban J connectivity index is 1.69. The van der Waals surface area contributed by atoms with E-state index in [1.54, 1.807) is 14.2 Å². The molecule has 3 rings (SSSR count). The van der Waals surface area contributed by atoms with Gasteiger partial charge in [0.2, 0.25) is 5.91 Å². The van der Waals surface area contributed by atoms with Crippen LogP contribution in [0.25, 0.3) is 0 Å². The van der Waals surface area contributed by atoms with Crippen LogP contribution in [0.3, 0.4) is 0 Å². The third-order valence-electron chi connectivity index (χ3n) is 5.73. The molecule has 1 atom stereocenters. The van der Waals surface area contributed by atoms with E-state index in [1.165, 1.54) is 0 Å². The van der Waals surface area contributed by atoms with Gasteiger partial charge >= 0.3 is 0 Å². The minimum atomic E-state index is -0.394. The maximum Gasteiger partial charge on any atom is 0.230 e. The fourth-order valence-corrected chi connectivity index (χ4v) is 4.24. The summed E-state index contributed by atoms with van der Waals surface area (Å²) in [5.74, 6) is 1.01. The zero-order valence-corrected chi connectivity index (χ0v) is 15.4. The minimum absolute atomic E-state index is 0.192. The van der Waals surface area contributed by atoms with Gasteiger partial charge in [-0.15, -0.1) is 0 Å². The standard InChI is InChI=1S/C20H30N2O3/c1-24-13-12-22-11-8-17(15-22)21-19(23)20(9-3-4-10-20)16-6-5-7-18(14-16)25-2/h5-7,14,17H,3-4,8-13,15H2,1-2H3,(H,21,23). The number of carbonyl (C=O) groups is 1.